The van der Waals surface area contributed by atoms with Crippen LogP contribution in [0.15, 0.2) is 24.3 Å². The maximum atomic E-state index is 12.3. The van der Waals surface area contributed by atoms with Gasteiger partial charge >= 0.3 is 0 Å². The van der Waals surface area contributed by atoms with E-state index in [1.165, 1.54) is 30.6 Å². The van der Waals surface area contributed by atoms with E-state index in [0.29, 0.717) is 42.5 Å². The van der Waals surface area contributed by atoms with E-state index in [9.17, 15) is 9.59 Å². The highest BCUT2D eigenvalue weighted by Gasteiger charge is 2.17. The molecule has 31 heavy (non-hydrogen) atoms. The van der Waals surface area contributed by atoms with Crippen LogP contribution in [0, 0.1) is 0 Å². The summed E-state index contributed by atoms with van der Waals surface area (Å²) in [5.41, 5.74) is 0.665. The van der Waals surface area contributed by atoms with E-state index in [1.54, 1.807) is 31.4 Å². The molecule has 2 heterocycles. The Kier molecular flexibility index (Phi) is 8.78. The lowest BCUT2D eigenvalue weighted by atomic mass is 10.0. The number of benzene rings is 1. The van der Waals surface area contributed by atoms with Gasteiger partial charge in [-0.1, -0.05) is 17.8 Å². The summed E-state index contributed by atoms with van der Waals surface area (Å²) in [6.45, 7) is 4.99. The Bertz CT molecular complexity index is 855. The normalized spacial score (nSPS) is 16.6. The van der Waals surface area contributed by atoms with Crippen LogP contribution in [0.5, 0.6) is 5.75 Å². The van der Waals surface area contributed by atoms with Crippen molar-refractivity contribution in [3.63, 3.8) is 0 Å². The Morgan fingerprint density at radius 3 is 2.77 bits per heavy atom. The largest absolute Gasteiger partial charge is 0.497 e. The molecule has 8 nitrogen and oxygen atoms in total. The minimum Gasteiger partial charge on any atom is -0.497 e. The number of carbonyl (C=O) groups excluding carboxylic acids is 2. The first kappa shape index (κ1) is 23.1. The van der Waals surface area contributed by atoms with Crippen LogP contribution in [0.4, 0.5) is 5.69 Å². The van der Waals surface area contributed by atoms with Crippen LogP contribution in [0.25, 0.3) is 0 Å². The van der Waals surface area contributed by atoms with Crippen molar-refractivity contribution >= 4 is 28.8 Å². The molecule has 1 atom stereocenters. The number of methoxy groups -OCH3 is 1. The summed E-state index contributed by atoms with van der Waals surface area (Å²) in [7, 11) is 1.59. The van der Waals surface area contributed by atoms with Gasteiger partial charge in [0.1, 0.15) is 10.8 Å². The second-order valence-corrected chi connectivity index (χ2v) is 8.83. The number of hydrogen-bond donors (Lipinski definition) is 2. The summed E-state index contributed by atoms with van der Waals surface area (Å²) < 4.78 is 5.11. The quantitative estimate of drug-likeness (QED) is 0.583. The first-order valence-corrected chi connectivity index (χ1v) is 11.7. The number of nitrogens with one attached hydrogen (secondary N) is 2. The van der Waals surface area contributed by atoms with Crippen LogP contribution < -0.4 is 15.4 Å². The third kappa shape index (κ3) is 7.29. The maximum Gasteiger partial charge on any atom is 0.286 e. The van der Waals surface area contributed by atoms with Crippen LogP contribution in [0.3, 0.4) is 0 Å². The highest BCUT2D eigenvalue weighted by Crippen LogP contribution is 2.18. The summed E-state index contributed by atoms with van der Waals surface area (Å²) in [5, 5.41) is 14.9. The van der Waals surface area contributed by atoms with Gasteiger partial charge in [-0.2, -0.15) is 0 Å². The second kappa shape index (κ2) is 11.8. The Balaban J connectivity index is 1.34. The molecule has 1 aliphatic rings. The van der Waals surface area contributed by atoms with Gasteiger partial charge < -0.3 is 15.4 Å². The van der Waals surface area contributed by atoms with E-state index in [1.807, 2.05) is 0 Å². The molecule has 3 rings (SSSR count). The van der Waals surface area contributed by atoms with Gasteiger partial charge in [-0.3, -0.25) is 14.5 Å². The minimum absolute atomic E-state index is 0.0617. The van der Waals surface area contributed by atoms with Crippen molar-refractivity contribution in [1.82, 2.24) is 20.4 Å². The lowest BCUT2D eigenvalue weighted by molar-refractivity contribution is -0.121. The van der Waals surface area contributed by atoms with Crippen LogP contribution in [0.2, 0.25) is 0 Å². The molecule has 1 aliphatic heterocycles. The Morgan fingerprint density at radius 2 is 2.03 bits per heavy atom. The molecule has 1 fully saturated rings. The van der Waals surface area contributed by atoms with Crippen molar-refractivity contribution in [3.8, 4) is 5.75 Å². The van der Waals surface area contributed by atoms with E-state index < -0.39 is 0 Å². The van der Waals surface area contributed by atoms with Crippen molar-refractivity contribution in [2.75, 3.05) is 32.1 Å². The van der Waals surface area contributed by atoms with Gasteiger partial charge in [-0.15, -0.1) is 10.2 Å². The Hall–Kier alpha value is -2.52. The molecule has 1 saturated heterocycles. The summed E-state index contributed by atoms with van der Waals surface area (Å²) in [4.78, 5) is 26.9. The molecular formula is C22H31N5O3S. The van der Waals surface area contributed by atoms with Crippen LogP contribution in [-0.2, 0) is 11.2 Å². The molecular weight excluding hydrogens is 414 g/mol. The number of aromatic nitrogens is 2. The summed E-state index contributed by atoms with van der Waals surface area (Å²) in [5.74, 6) is 0.492. The summed E-state index contributed by atoms with van der Waals surface area (Å²) in [6.07, 6.45) is 5.56. The highest BCUT2D eigenvalue weighted by molar-refractivity contribution is 7.13. The van der Waals surface area contributed by atoms with Gasteiger partial charge in [0.2, 0.25) is 10.9 Å². The number of aryl methyl sites for hydroxylation is 1. The molecule has 0 radical (unpaired) electrons. The number of rotatable bonds is 10. The Morgan fingerprint density at radius 1 is 1.23 bits per heavy atom. The average Bonchev–Trinajstić information content (AvgIpc) is 3.25. The lowest BCUT2D eigenvalue weighted by Gasteiger charge is -2.33. The molecule has 2 N–H and O–H groups in total. The molecule has 0 spiro atoms. The molecule has 9 heteroatoms. The first-order valence-electron chi connectivity index (χ1n) is 10.8. The number of piperidine rings is 1. The van der Waals surface area contributed by atoms with Gasteiger partial charge in [-0.25, -0.2) is 0 Å². The zero-order valence-corrected chi connectivity index (χ0v) is 19.0. The molecule has 2 amide bonds. The van der Waals surface area contributed by atoms with Crippen LogP contribution in [0.1, 0.15) is 53.8 Å². The fraction of sp³-hybridized carbons (Fsp3) is 0.545. The zero-order valence-electron chi connectivity index (χ0n) is 18.2. The fourth-order valence-electron chi connectivity index (χ4n) is 3.62. The van der Waals surface area contributed by atoms with E-state index in [4.69, 9.17) is 4.74 Å². The smallest absolute Gasteiger partial charge is 0.286 e. The number of hydrogen-bond acceptors (Lipinski definition) is 7. The van der Waals surface area contributed by atoms with Gasteiger partial charge in [0.25, 0.3) is 5.91 Å². The number of ether oxygens (including phenoxy) is 1. The number of carbonyl (C=O) groups is 2. The summed E-state index contributed by atoms with van der Waals surface area (Å²) >= 11 is 1.26. The SMILES string of the molecule is COc1ccc(NC(=O)c2nnc(CCCC(=O)NCCN3CCCC[C@H]3C)s2)cc1. The standard InChI is InChI=1S/C22H31N5O3S/c1-16-6-3-4-14-27(16)15-13-23-19(28)7-5-8-20-25-26-22(31-20)21(29)24-17-9-11-18(30-2)12-10-17/h9-12,16H,3-8,13-15H2,1-2H3,(H,23,28)(H,24,29)/t16-/m1/s1. The third-order valence-corrected chi connectivity index (χ3v) is 6.45. The van der Waals surface area contributed by atoms with Crippen molar-refractivity contribution in [2.45, 2.75) is 51.5 Å². The van der Waals surface area contributed by atoms with Gasteiger partial charge in [-0.05, 0) is 57.0 Å². The zero-order chi connectivity index (χ0) is 22.1. The molecule has 1 aromatic heterocycles. The van der Waals surface area contributed by atoms with Crippen molar-refractivity contribution in [2.24, 2.45) is 0 Å². The minimum atomic E-state index is -0.293. The predicted octanol–water partition coefficient (Wildman–Crippen LogP) is 3.11. The second-order valence-electron chi connectivity index (χ2n) is 7.77. The van der Waals surface area contributed by atoms with Gasteiger partial charge in [0.15, 0.2) is 0 Å². The number of anilines is 1. The molecule has 0 saturated carbocycles. The number of nitrogens with zero attached hydrogens (tertiary/aromatic N) is 3. The van der Waals surface area contributed by atoms with Crippen LogP contribution >= 0.6 is 11.3 Å². The van der Waals surface area contributed by atoms with E-state index in [-0.39, 0.29) is 11.8 Å². The topological polar surface area (TPSA) is 96.5 Å². The van der Waals surface area contributed by atoms with E-state index in [2.05, 4.69) is 32.7 Å². The van der Waals surface area contributed by atoms with Gasteiger partial charge in [0, 0.05) is 37.7 Å². The predicted molar refractivity (Wildman–Crippen MR) is 122 cm³/mol. The van der Waals surface area contributed by atoms with Crippen molar-refractivity contribution < 1.29 is 14.3 Å². The molecule has 2 aromatic rings. The van der Waals surface area contributed by atoms with E-state index >= 15 is 0 Å². The third-order valence-electron chi connectivity index (χ3n) is 5.47. The van der Waals surface area contributed by atoms with E-state index in [0.717, 1.165) is 23.8 Å². The average molecular weight is 446 g/mol. The molecule has 0 bridgehead atoms. The van der Waals surface area contributed by atoms with Crippen molar-refractivity contribution in [3.05, 3.63) is 34.3 Å². The lowest BCUT2D eigenvalue weighted by Crippen LogP contribution is -2.42. The Labute approximate surface area is 187 Å². The fourth-order valence-corrected chi connectivity index (χ4v) is 4.40. The monoisotopic (exact) mass is 445 g/mol. The number of amides is 2. The maximum absolute atomic E-state index is 12.3. The highest BCUT2D eigenvalue weighted by atomic mass is 32.1. The first-order chi connectivity index (χ1) is 15.0. The summed E-state index contributed by atoms with van der Waals surface area (Å²) in [6, 6.07) is 7.70. The molecule has 1 aromatic carbocycles. The molecule has 0 aliphatic carbocycles. The molecule has 0 unspecified atom stereocenters. The van der Waals surface area contributed by atoms with Crippen LogP contribution in [-0.4, -0.2) is 59.7 Å². The van der Waals surface area contributed by atoms with Crippen molar-refractivity contribution in [1.29, 1.82) is 0 Å². The molecule has 168 valence electrons. The number of likely N-dealkylation sites (tertiary alicyclic amines) is 1. The van der Waals surface area contributed by atoms with Gasteiger partial charge in [0.05, 0.1) is 7.11 Å².